The molecule has 0 saturated carbocycles. The highest BCUT2D eigenvalue weighted by molar-refractivity contribution is 8.00. The van der Waals surface area contributed by atoms with Gasteiger partial charge < -0.3 is 10.3 Å². The van der Waals surface area contributed by atoms with E-state index in [2.05, 4.69) is 25.4 Å². The Balaban J connectivity index is 1.49. The van der Waals surface area contributed by atoms with Crippen LogP contribution in [-0.2, 0) is 4.79 Å². The summed E-state index contributed by atoms with van der Waals surface area (Å²) in [6.07, 6.45) is 2.83. The Morgan fingerprint density at radius 2 is 1.74 bits per heavy atom. The van der Waals surface area contributed by atoms with E-state index in [9.17, 15) is 14.4 Å². The molecule has 0 unspecified atom stereocenters. The third-order valence-corrected chi connectivity index (χ3v) is 5.85. The van der Waals surface area contributed by atoms with Gasteiger partial charge in [-0.05, 0) is 12.1 Å². The Morgan fingerprint density at radius 1 is 1.00 bits per heavy atom. The zero-order valence-electron chi connectivity index (χ0n) is 17.6. The number of anilines is 1. The molecule has 3 heterocycles. The van der Waals surface area contributed by atoms with Crippen molar-refractivity contribution in [2.24, 2.45) is 0 Å². The minimum Gasteiger partial charge on any atom is -0.320 e. The lowest BCUT2D eigenvalue weighted by molar-refractivity contribution is -0.113. The predicted octanol–water partition coefficient (Wildman–Crippen LogP) is 2.59. The van der Waals surface area contributed by atoms with Gasteiger partial charge in [0.15, 0.2) is 11.5 Å². The Kier molecular flexibility index (Phi) is 5.75. The van der Waals surface area contributed by atoms with Gasteiger partial charge in [-0.15, -0.1) is 0 Å². The SMILES string of the molecule is O=C(CSc1nc(-c2ccccc2)nc2c1cnn2-c1ccccc1)Nc1c[nH]c(=O)[nH]c1=O. The van der Waals surface area contributed by atoms with Gasteiger partial charge >= 0.3 is 5.69 Å². The van der Waals surface area contributed by atoms with E-state index in [1.165, 1.54) is 11.8 Å². The van der Waals surface area contributed by atoms with Crippen LogP contribution in [0.4, 0.5) is 5.69 Å². The molecule has 0 spiro atoms. The first kappa shape index (κ1) is 21.3. The van der Waals surface area contributed by atoms with Gasteiger partial charge in [-0.3, -0.25) is 14.6 Å². The summed E-state index contributed by atoms with van der Waals surface area (Å²) in [6, 6.07) is 19.2. The standard InChI is InChI=1S/C23H17N7O3S/c31-18(26-17-12-24-23(33)29-21(17)32)13-34-22-16-11-25-30(15-9-5-2-6-10-15)20(16)27-19(28-22)14-7-3-1-4-8-14/h1-12H,13H2,(H,26,31)(H2,24,29,32,33). The number of H-pyrrole nitrogens is 2. The molecule has 0 aliphatic heterocycles. The molecule has 1 amide bonds. The summed E-state index contributed by atoms with van der Waals surface area (Å²) in [5.74, 6) is 0.0619. The maximum Gasteiger partial charge on any atom is 0.325 e. The summed E-state index contributed by atoms with van der Waals surface area (Å²) in [6.45, 7) is 0. The van der Waals surface area contributed by atoms with Crippen LogP contribution >= 0.6 is 11.8 Å². The number of amides is 1. The van der Waals surface area contributed by atoms with Crippen molar-refractivity contribution >= 4 is 34.4 Å². The number of fused-ring (bicyclic) bond motifs is 1. The van der Waals surface area contributed by atoms with Crippen LogP contribution in [0.15, 0.2) is 87.7 Å². The number of aromatic nitrogens is 6. The minimum absolute atomic E-state index is 0.0184. The fraction of sp³-hybridized carbons (Fsp3) is 0.0435. The monoisotopic (exact) mass is 471 g/mol. The molecule has 5 aromatic rings. The molecule has 0 saturated heterocycles. The summed E-state index contributed by atoms with van der Waals surface area (Å²) < 4.78 is 1.73. The molecule has 0 bridgehead atoms. The number of hydrogen-bond acceptors (Lipinski definition) is 7. The number of nitrogens with zero attached hydrogens (tertiary/aromatic N) is 4. The van der Waals surface area contributed by atoms with Crippen LogP contribution in [0.25, 0.3) is 28.1 Å². The van der Waals surface area contributed by atoms with Crippen molar-refractivity contribution in [3.05, 3.63) is 93.9 Å². The predicted molar refractivity (Wildman–Crippen MR) is 129 cm³/mol. The molecular formula is C23H17N7O3S. The van der Waals surface area contributed by atoms with Gasteiger partial charge in [0.1, 0.15) is 10.7 Å². The molecule has 5 rings (SSSR count). The van der Waals surface area contributed by atoms with Crippen molar-refractivity contribution in [2.75, 3.05) is 11.1 Å². The molecule has 0 fully saturated rings. The second-order valence-electron chi connectivity index (χ2n) is 7.17. The average molecular weight is 472 g/mol. The van der Waals surface area contributed by atoms with Gasteiger partial charge in [0.2, 0.25) is 5.91 Å². The molecule has 2 aromatic carbocycles. The summed E-state index contributed by atoms with van der Waals surface area (Å²) in [5, 5.41) is 8.27. The maximum absolute atomic E-state index is 12.5. The molecule has 168 valence electrons. The fourth-order valence-electron chi connectivity index (χ4n) is 3.29. The number of para-hydroxylation sites is 1. The highest BCUT2D eigenvalue weighted by Crippen LogP contribution is 2.29. The summed E-state index contributed by atoms with van der Waals surface area (Å²) in [7, 11) is 0. The van der Waals surface area contributed by atoms with Crippen LogP contribution in [-0.4, -0.2) is 41.4 Å². The molecule has 0 aliphatic rings. The number of carbonyl (C=O) groups is 1. The summed E-state index contributed by atoms with van der Waals surface area (Å²) in [4.78, 5) is 49.3. The molecule has 0 aliphatic carbocycles. The highest BCUT2D eigenvalue weighted by Gasteiger charge is 2.17. The van der Waals surface area contributed by atoms with Crippen LogP contribution in [0.1, 0.15) is 0 Å². The third kappa shape index (κ3) is 4.36. The molecular weight excluding hydrogens is 454 g/mol. The van der Waals surface area contributed by atoms with Gasteiger partial charge in [0, 0.05) is 11.8 Å². The Hall–Kier alpha value is -4.51. The number of aromatic amines is 2. The maximum atomic E-state index is 12.5. The molecule has 3 N–H and O–H groups in total. The molecule has 0 atom stereocenters. The van der Waals surface area contributed by atoms with Crippen molar-refractivity contribution < 1.29 is 4.79 Å². The van der Waals surface area contributed by atoms with Crippen molar-refractivity contribution in [1.29, 1.82) is 0 Å². The lowest BCUT2D eigenvalue weighted by atomic mass is 10.2. The zero-order chi connectivity index (χ0) is 23.5. The van der Waals surface area contributed by atoms with E-state index in [4.69, 9.17) is 4.98 Å². The van der Waals surface area contributed by atoms with Gasteiger partial charge in [-0.1, -0.05) is 60.3 Å². The Morgan fingerprint density at radius 3 is 2.47 bits per heavy atom. The average Bonchev–Trinajstić information content (AvgIpc) is 3.29. The number of hydrogen-bond donors (Lipinski definition) is 3. The number of nitrogens with one attached hydrogen (secondary N) is 3. The van der Waals surface area contributed by atoms with E-state index in [0.717, 1.165) is 17.4 Å². The Bertz CT molecular complexity index is 1590. The van der Waals surface area contributed by atoms with Crippen molar-refractivity contribution in [1.82, 2.24) is 29.7 Å². The number of rotatable bonds is 6. The molecule has 11 heteroatoms. The van der Waals surface area contributed by atoms with Crippen molar-refractivity contribution in [3.8, 4) is 17.1 Å². The van der Waals surface area contributed by atoms with E-state index in [1.807, 2.05) is 60.7 Å². The van der Waals surface area contributed by atoms with Crippen LogP contribution in [0.2, 0.25) is 0 Å². The highest BCUT2D eigenvalue weighted by atomic mass is 32.2. The quantitative estimate of drug-likeness (QED) is 0.256. The number of carbonyl (C=O) groups excluding carboxylic acids is 1. The first-order chi connectivity index (χ1) is 16.6. The molecule has 3 aromatic heterocycles. The topological polar surface area (TPSA) is 138 Å². The molecule has 0 radical (unpaired) electrons. The van der Waals surface area contributed by atoms with Gasteiger partial charge in [-0.25, -0.2) is 19.4 Å². The zero-order valence-corrected chi connectivity index (χ0v) is 18.4. The first-order valence-corrected chi connectivity index (χ1v) is 11.2. The third-order valence-electron chi connectivity index (χ3n) is 4.86. The van der Waals surface area contributed by atoms with E-state index < -0.39 is 17.2 Å². The van der Waals surface area contributed by atoms with E-state index in [0.29, 0.717) is 21.9 Å². The van der Waals surface area contributed by atoms with Crippen molar-refractivity contribution in [2.45, 2.75) is 5.03 Å². The Labute approximate surface area is 196 Å². The molecule has 34 heavy (non-hydrogen) atoms. The van der Waals surface area contributed by atoms with Gasteiger partial charge in [-0.2, -0.15) is 5.10 Å². The lowest BCUT2D eigenvalue weighted by Gasteiger charge is -2.08. The van der Waals surface area contributed by atoms with Crippen LogP contribution in [0.3, 0.4) is 0 Å². The second-order valence-corrected chi connectivity index (χ2v) is 8.13. The first-order valence-electron chi connectivity index (χ1n) is 10.2. The number of benzene rings is 2. The van der Waals surface area contributed by atoms with Crippen LogP contribution in [0, 0.1) is 0 Å². The normalized spacial score (nSPS) is 10.9. The number of thioether (sulfide) groups is 1. The summed E-state index contributed by atoms with van der Waals surface area (Å²) >= 11 is 1.20. The fourth-order valence-corrected chi connectivity index (χ4v) is 4.08. The minimum atomic E-state index is -0.679. The largest absolute Gasteiger partial charge is 0.325 e. The lowest BCUT2D eigenvalue weighted by Crippen LogP contribution is -2.27. The van der Waals surface area contributed by atoms with Gasteiger partial charge in [0.25, 0.3) is 5.56 Å². The molecule has 10 nitrogen and oxygen atoms in total. The van der Waals surface area contributed by atoms with Crippen LogP contribution < -0.4 is 16.6 Å². The second kappa shape index (κ2) is 9.16. The van der Waals surface area contributed by atoms with Crippen LogP contribution in [0.5, 0.6) is 0 Å². The van der Waals surface area contributed by atoms with Gasteiger partial charge in [0.05, 0.1) is 23.0 Å². The van der Waals surface area contributed by atoms with E-state index in [1.54, 1.807) is 10.9 Å². The van der Waals surface area contributed by atoms with E-state index in [-0.39, 0.29) is 11.4 Å². The summed E-state index contributed by atoms with van der Waals surface area (Å²) in [5.41, 5.74) is 0.920. The smallest absolute Gasteiger partial charge is 0.320 e. The van der Waals surface area contributed by atoms with Crippen molar-refractivity contribution in [3.63, 3.8) is 0 Å². The van der Waals surface area contributed by atoms with E-state index >= 15 is 0 Å².